The third-order valence-corrected chi connectivity index (χ3v) is 5.85. The molecule has 0 spiro atoms. The molecule has 0 aliphatic heterocycles. The SMILES string of the molecule is Cc1scc2c1c(=O)c1c(=O)n(-c3ccccc3)c(C(C)C)cc1n2C. The first kappa shape index (κ1) is 16.8. The Bertz CT molecular complexity index is 1260. The van der Waals surface area contributed by atoms with Crippen LogP contribution in [0, 0.1) is 6.92 Å². The molecule has 0 aliphatic carbocycles. The number of hydrogen-bond donors (Lipinski definition) is 0. The lowest BCUT2D eigenvalue weighted by molar-refractivity contribution is 0.762. The topological polar surface area (TPSA) is 44.0 Å². The van der Waals surface area contributed by atoms with E-state index in [-0.39, 0.29) is 22.3 Å². The van der Waals surface area contributed by atoms with Gasteiger partial charge in [-0.2, -0.15) is 0 Å². The minimum Gasteiger partial charge on any atom is -0.343 e. The van der Waals surface area contributed by atoms with Crippen LogP contribution in [-0.2, 0) is 7.05 Å². The monoisotopic (exact) mass is 364 g/mol. The molecule has 0 saturated heterocycles. The average molecular weight is 364 g/mol. The number of rotatable bonds is 2. The largest absolute Gasteiger partial charge is 0.343 e. The van der Waals surface area contributed by atoms with Crippen molar-refractivity contribution in [2.24, 2.45) is 7.05 Å². The summed E-state index contributed by atoms with van der Waals surface area (Å²) in [5.74, 6) is 0.141. The van der Waals surface area contributed by atoms with Gasteiger partial charge in [0.15, 0.2) is 0 Å². The van der Waals surface area contributed by atoms with Crippen molar-refractivity contribution in [1.82, 2.24) is 9.13 Å². The van der Waals surface area contributed by atoms with Crippen LogP contribution in [0.5, 0.6) is 0 Å². The first-order valence-corrected chi connectivity index (χ1v) is 9.51. The Kier molecular flexibility index (Phi) is 3.84. The summed E-state index contributed by atoms with van der Waals surface area (Å²) in [6, 6.07) is 11.5. The highest BCUT2D eigenvalue weighted by Crippen LogP contribution is 2.27. The molecule has 132 valence electrons. The molecule has 3 heterocycles. The third kappa shape index (κ3) is 2.27. The van der Waals surface area contributed by atoms with Gasteiger partial charge in [0.1, 0.15) is 5.39 Å². The Labute approximate surface area is 154 Å². The lowest BCUT2D eigenvalue weighted by Crippen LogP contribution is -2.28. The number of benzene rings is 1. The predicted molar refractivity (Wildman–Crippen MR) is 109 cm³/mol. The second kappa shape index (κ2) is 5.95. The second-order valence-corrected chi connectivity index (χ2v) is 7.98. The zero-order valence-corrected chi connectivity index (χ0v) is 16.1. The van der Waals surface area contributed by atoms with E-state index >= 15 is 0 Å². The van der Waals surface area contributed by atoms with E-state index in [4.69, 9.17) is 0 Å². The van der Waals surface area contributed by atoms with E-state index in [1.165, 1.54) is 0 Å². The van der Waals surface area contributed by atoms with E-state index in [0.717, 1.165) is 21.8 Å². The average Bonchev–Trinajstić information content (AvgIpc) is 3.01. The number of nitrogens with zero attached hydrogens (tertiary/aromatic N) is 2. The number of aromatic nitrogens is 2. The van der Waals surface area contributed by atoms with Crippen LogP contribution >= 0.6 is 11.3 Å². The summed E-state index contributed by atoms with van der Waals surface area (Å²) in [5.41, 5.74) is 2.85. The highest BCUT2D eigenvalue weighted by molar-refractivity contribution is 7.11. The molecule has 4 nitrogen and oxygen atoms in total. The fourth-order valence-electron chi connectivity index (χ4n) is 3.58. The minimum atomic E-state index is -0.245. The number of aryl methyl sites for hydroxylation is 2. The maximum absolute atomic E-state index is 13.5. The van der Waals surface area contributed by atoms with Crippen LogP contribution < -0.4 is 11.0 Å². The van der Waals surface area contributed by atoms with Gasteiger partial charge >= 0.3 is 0 Å². The van der Waals surface area contributed by atoms with Gasteiger partial charge in [-0.3, -0.25) is 14.2 Å². The Morgan fingerprint density at radius 1 is 1.00 bits per heavy atom. The van der Waals surface area contributed by atoms with Crippen molar-refractivity contribution in [3.63, 3.8) is 0 Å². The molecule has 0 N–H and O–H groups in total. The maximum atomic E-state index is 13.5. The molecule has 26 heavy (non-hydrogen) atoms. The number of pyridine rings is 2. The normalized spacial score (nSPS) is 11.7. The van der Waals surface area contributed by atoms with Gasteiger partial charge in [-0.1, -0.05) is 32.0 Å². The van der Waals surface area contributed by atoms with Gasteiger partial charge in [0, 0.05) is 28.7 Å². The molecule has 0 atom stereocenters. The molecule has 1 aromatic carbocycles. The second-order valence-electron chi connectivity index (χ2n) is 6.90. The molecular weight excluding hydrogens is 344 g/mol. The Hall–Kier alpha value is -2.66. The van der Waals surface area contributed by atoms with Crippen molar-refractivity contribution in [2.45, 2.75) is 26.7 Å². The number of fused-ring (bicyclic) bond motifs is 2. The highest BCUT2D eigenvalue weighted by atomic mass is 32.1. The van der Waals surface area contributed by atoms with Crippen molar-refractivity contribution in [3.05, 3.63) is 72.9 Å². The predicted octanol–water partition coefficient (Wildman–Crippen LogP) is 4.34. The molecule has 0 radical (unpaired) electrons. The number of thiophene rings is 1. The highest BCUT2D eigenvalue weighted by Gasteiger charge is 2.20. The van der Waals surface area contributed by atoms with Gasteiger partial charge in [0.05, 0.1) is 16.4 Å². The van der Waals surface area contributed by atoms with E-state index in [0.29, 0.717) is 10.9 Å². The van der Waals surface area contributed by atoms with Gasteiger partial charge in [0.2, 0.25) is 5.43 Å². The van der Waals surface area contributed by atoms with E-state index in [9.17, 15) is 9.59 Å². The zero-order chi connectivity index (χ0) is 18.6. The molecule has 4 rings (SSSR count). The van der Waals surface area contributed by atoms with Crippen LogP contribution in [0.4, 0.5) is 0 Å². The fourth-order valence-corrected chi connectivity index (χ4v) is 4.46. The zero-order valence-electron chi connectivity index (χ0n) is 15.2. The molecular formula is C21H20N2O2S. The number of hydrogen-bond acceptors (Lipinski definition) is 3. The third-order valence-electron chi connectivity index (χ3n) is 4.95. The van der Waals surface area contributed by atoms with E-state index in [1.54, 1.807) is 15.9 Å². The van der Waals surface area contributed by atoms with Crippen molar-refractivity contribution in [2.75, 3.05) is 0 Å². The summed E-state index contributed by atoms with van der Waals surface area (Å²) in [7, 11) is 1.92. The maximum Gasteiger partial charge on any atom is 0.268 e. The van der Waals surface area contributed by atoms with E-state index < -0.39 is 0 Å². The summed E-state index contributed by atoms with van der Waals surface area (Å²) in [5, 5.41) is 2.90. The summed E-state index contributed by atoms with van der Waals surface area (Å²) in [4.78, 5) is 27.6. The molecule has 0 aliphatic rings. The molecule has 3 aromatic heterocycles. The van der Waals surface area contributed by atoms with Crippen LogP contribution in [0.25, 0.3) is 27.5 Å². The van der Waals surface area contributed by atoms with Crippen LogP contribution in [0.15, 0.2) is 51.4 Å². The van der Waals surface area contributed by atoms with Crippen LogP contribution in [0.1, 0.15) is 30.3 Å². The van der Waals surface area contributed by atoms with Crippen LogP contribution in [0.3, 0.4) is 0 Å². The molecule has 0 unspecified atom stereocenters. The first-order valence-electron chi connectivity index (χ1n) is 8.63. The Morgan fingerprint density at radius 3 is 2.35 bits per heavy atom. The summed E-state index contributed by atoms with van der Waals surface area (Å²) >= 11 is 1.54. The van der Waals surface area contributed by atoms with Crippen LogP contribution in [0.2, 0.25) is 0 Å². The van der Waals surface area contributed by atoms with Gasteiger partial charge < -0.3 is 4.57 Å². The van der Waals surface area contributed by atoms with E-state index in [1.807, 2.05) is 60.3 Å². The molecule has 0 saturated carbocycles. The summed E-state index contributed by atoms with van der Waals surface area (Å²) in [6.07, 6.45) is 0. The van der Waals surface area contributed by atoms with Gasteiger partial charge in [-0.15, -0.1) is 11.3 Å². The molecule has 0 fully saturated rings. The first-order chi connectivity index (χ1) is 12.4. The molecule has 0 bridgehead atoms. The molecule has 5 heteroatoms. The van der Waals surface area contributed by atoms with Gasteiger partial charge in [-0.05, 0) is 31.0 Å². The minimum absolute atomic E-state index is 0.141. The summed E-state index contributed by atoms with van der Waals surface area (Å²) in [6.45, 7) is 6.05. The van der Waals surface area contributed by atoms with Crippen molar-refractivity contribution in [3.8, 4) is 5.69 Å². The lowest BCUT2D eigenvalue weighted by Gasteiger charge is -2.18. The van der Waals surface area contributed by atoms with E-state index in [2.05, 4.69) is 13.8 Å². The quantitative estimate of drug-likeness (QED) is 0.531. The van der Waals surface area contributed by atoms with Gasteiger partial charge in [0.25, 0.3) is 5.56 Å². The smallest absolute Gasteiger partial charge is 0.268 e. The van der Waals surface area contributed by atoms with Crippen molar-refractivity contribution in [1.29, 1.82) is 0 Å². The van der Waals surface area contributed by atoms with Crippen molar-refractivity contribution >= 4 is 33.1 Å². The van der Waals surface area contributed by atoms with Crippen LogP contribution in [-0.4, -0.2) is 9.13 Å². The molecule has 0 amide bonds. The lowest BCUT2D eigenvalue weighted by atomic mass is 10.1. The summed E-state index contributed by atoms with van der Waals surface area (Å²) < 4.78 is 3.65. The Morgan fingerprint density at radius 2 is 1.69 bits per heavy atom. The number of para-hydroxylation sites is 1. The van der Waals surface area contributed by atoms with Gasteiger partial charge in [-0.25, -0.2) is 0 Å². The fraction of sp³-hybridized carbons (Fsp3) is 0.238. The van der Waals surface area contributed by atoms with Crippen molar-refractivity contribution < 1.29 is 0 Å². The molecule has 4 aromatic rings. The standard InChI is InChI=1S/C21H20N2O2S/c1-12(2)15-10-16-19(21(25)23(15)14-8-6-5-7-9-14)20(24)18-13(3)26-11-17(18)22(16)4/h5-12H,1-4H3. The Balaban J connectivity index is 2.28.